The number of rotatable bonds is 1. The van der Waals surface area contributed by atoms with Gasteiger partial charge in [-0.3, -0.25) is 0 Å². The van der Waals surface area contributed by atoms with E-state index < -0.39 is 0 Å². The van der Waals surface area contributed by atoms with Gasteiger partial charge in [-0.05, 0) is 38.0 Å². The van der Waals surface area contributed by atoms with Crippen LogP contribution in [0.5, 0.6) is 0 Å². The topological polar surface area (TPSA) is 29.3 Å². The van der Waals surface area contributed by atoms with Crippen LogP contribution in [0.2, 0.25) is 10.0 Å². The summed E-state index contributed by atoms with van der Waals surface area (Å²) in [7, 11) is 0. The Hall–Kier alpha value is -0.440. The van der Waals surface area contributed by atoms with Gasteiger partial charge in [0.05, 0.1) is 0 Å². The molecule has 0 amide bonds. The summed E-state index contributed by atoms with van der Waals surface area (Å²) in [6.45, 7) is 3.96. The second-order valence-electron chi connectivity index (χ2n) is 4.81. The highest BCUT2D eigenvalue weighted by atomic mass is 35.5. The maximum Gasteiger partial charge on any atom is 0.0441 e. The standard InChI is InChI=1S/C12H16Cl2N2/c1-12(15)3-2-4-16(8-12)11-6-9(13)5-10(14)7-11/h5-7H,2-4,8,15H2,1H3. The van der Waals surface area contributed by atoms with Crippen molar-refractivity contribution in [2.24, 2.45) is 5.73 Å². The van der Waals surface area contributed by atoms with Gasteiger partial charge >= 0.3 is 0 Å². The molecular formula is C12H16Cl2N2. The van der Waals surface area contributed by atoms with Crippen LogP contribution in [0.4, 0.5) is 5.69 Å². The van der Waals surface area contributed by atoms with Gasteiger partial charge in [0.2, 0.25) is 0 Å². The van der Waals surface area contributed by atoms with Gasteiger partial charge in [0.15, 0.2) is 0 Å². The number of benzene rings is 1. The van der Waals surface area contributed by atoms with Gasteiger partial charge in [0.25, 0.3) is 0 Å². The summed E-state index contributed by atoms with van der Waals surface area (Å²) in [5, 5.41) is 1.35. The Morgan fingerprint density at radius 3 is 2.44 bits per heavy atom. The van der Waals surface area contributed by atoms with Crippen LogP contribution in [0.1, 0.15) is 19.8 Å². The molecule has 1 aliphatic heterocycles. The Morgan fingerprint density at radius 2 is 1.88 bits per heavy atom. The molecule has 1 saturated heterocycles. The van der Waals surface area contributed by atoms with Crippen molar-refractivity contribution in [2.45, 2.75) is 25.3 Å². The summed E-state index contributed by atoms with van der Waals surface area (Å²) >= 11 is 12.0. The first-order valence-electron chi connectivity index (χ1n) is 5.46. The summed E-state index contributed by atoms with van der Waals surface area (Å²) in [6, 6.07) is 5.63. The van der Waals surface area contributed by atoms with Gasteiger partial charge < -0.3 is 10.6 Å². The molecule has 2 nitrogen and oxygen atoms in total. The van der Waals surface area contributed by atoms with E-state index in [1.165, 1.54) is 0 Å². The minimum atomic E-state index is -0.118. The van der Waals surface area contributed by atoms with Gasteiger partial charge in [-0.1, -0.05) is 23.2 Å². The predicted octanol–water partition coefficient (Wildman–Crippen LogP) is 3.31. The number of nitrogens with zero attached hydrogens (tertiary/aromatic N) is 1. The third kappa shape index (κ3) is 2.82. The first-order chi connectivity index (χ1) is 7.46. The number of hydrogen-bond acceptors (Lipinski definition) is 2. The molecule has 1 atom stereocenters. The van der Waals surface area contributed by atoms with Crippen LogP contribution in [0, 0.1) is 0 Å². The highest BCUT2D eigenvalue weighted by molar-refractivity contribution is 6.35. The molecule has 2 N–H and O–H groups in total. The molecule has 0 aromatic heterocycles. The second-order valence-corrected chi connectivity index (χ2v) is 5.68. The average molecular weight is 259 g/mol. The van der Waals surface area contributed by atoms with Crippen LogP contribution in [0.15, 0.2) is 18.2 Å². The Balaban J connectivity index is 2.23. The van der Waals surface area contributed by atoms with Crippen LogP contribution >= 0.6 is 23.2 Å². The summed E-state index contributed by atoms with van der Waals surface area (Å²) in [5.41, 5.74) is 7.12. The van der Waals surface area contributed by atoms with Crippen LogP contribution in [-0.2, 0) is 0 Å². The quantitative estimate of drug-likeness (QED) is 0.838. The van der Waals surface area contributed by atoms with Crippen molar-refractivity contribution in [3.05, 3.63) is 28.2 Å². The van der Waals surface area contributed by atoms with Crippen LogP contribution in [0.25, 0.3) is 0 Å². The fourth-order valence-electron chi connectivity index (χ4n) is 2.21. The molecule has 16 heavy (non-hydrogen) atoms. The molecule has 1 aromatic rings. The summed E-state index contributed by atoms with van der Waals surface area (Å²) in [5.74, 6) is 0. The van der Waals surface area contributed by atoms with Crippen molar-refractivity contribution in [1.29, 1.82) is 0 Å². The number of piperidine rings is 1. The fourth-order valence-corrected chi connectivity index (χ4v) is 2.72. The molecule has 0 radical (unpaired) electrons. The minimum absolute atomic E-state index is 0.118. The lowest BCUT2D eigenvalue weighted by Gasteiger charge is -2.39. The first kappa shape index (κ1) is 12.0. The van der Waals surface area contributed by atoms with E-state index in [1.54, 1.807) is 6.07 Å². The van der Waals surface area contributed by atoms with E-state index in [-0.39, 0.29) is 5.54 Å². The van der Waals surface area contributed by atoms with E-state index in [4.69, 9.17) is 28.9 Å². The Labute approximate surface area is 106 Å². The molecule has 1 heterocycles. The van der Waals surface area contributed by atoms with E-state index in [0.29, 0.717) is 10.0 Å². The van der Waals surface area contributed by atoms with Crippen molar-refractivity contribution < 1.29 is 0 Å². The van der Waals surface area contributed by atoms with Gasteiger partial charge in [0, 0.05) is 34.4 Å². The van der Waals surface area contributed by atoms with E-state index in [2.05, 4.69) is 11.8 Å². The van der Waals surface area contributed by atoms with E-state index in [0.717, 1.165) is 31.6 Å². The van der Waals surface area contributed by atoms with Crippen molar-refractivity contribution in [3.8, 4) is 0 Å². The number of anilines is 1. The third-order valence-electron chi connectivity index (χ3n) is 2.94. The molecule has 0 spiro atoms. The largest absolute Gasteiger partial charge is 0.370 e. The van der Waals surface area contributed by atoms with E-state index >= 15 is 0 Å². The smallest absolute Gasteiger partial charge is 0.0441 e. The SMILES string of the molecule is CC1(N)CCCN(c2cc(Cl)cc(Cl)c2)C1. The third-order valence-corrected chi connectivity index (χ3v) is 3.38. The zero-order valence-corrected chi connectivity index (χ0v) is 10.9. The Kier molecular flexibility index (Phi) is 3.34. The molecule has 2 rings (SSSR count). The maximum absolute atomic E-state index is 6.17. The average Bonchev–Trinajstić information content (AvgIpc) is 2.14. The molecule has 88 valence electrons. The zero-order chi connectivity index (χ0) is 11.8. The summed E-state index contributed by atoms with van der Waals surface area (Å²) in [6.07, 6.45) is 2.18. The van der Waals surface area contributed by atoms with Gasteiger partial charge in [-0.25, -0.2) is 0 Å². The molecule has 4 heteroatoms. The second kappa shape index (κ2) is 4.44. The lowest BCUT2D eigenvalue weighted by atomic mass is 9.92. The lowest BCUT2D eigenvalue weighted by Crippen LogP contribution is -2.52. The maximum atomic E-state index is 6.17. The number of nitrogens with two attached hydrogens (primary N) is 1. The van der Waals surface area contributed by atoms with Crippen LogP contribution < -0.4 is 10.6 Å². The van der Waals surface area contributed by atoms with Gasteiger partial charge in [-0.15, -0.1) is 0 Å². The number of hydrogen-bond donors (Lipinski definition) is 1. The summed E-state index contributed by atoms with van der Waals surface area (Å²) < 4.78 is 0. The van der Waals surface area contributed by atoms with Crippen molar-refractivity contribution in [2.75, 3.05) is 18.0 Å². The molecule has 0 aliphatic carbocycles. The molecule has 1 aliphatic rings. The van der Waals surface area contributed by atoms with Crippen molar-refractivity contribution >= 4 is 28.9 Å². The molecular weight excluding hydrogens is 243 g/mol. The molecule has 0 bridgehead atoms. The Bertz CT molecular complexity index is 370. The van der Waals surface area contributed by atoms with Crippen molar-refractivity contribution in [3.63, 3.8) is 0 Å². The summed E-state index contributed by atoms with van der Waals surface area (Å²) in [4.78, 5) is 2.25. The zero-order valence-electron chi connectivity index (χ0n) is 9.34. The van der Waals surface area contributed by atoms with Crippen LogP contribution in [-0.4, -0.2) is 18.6 Å². The molecule has 1 fully saturated rings. The first-order valence-corrected chi connectivity index (χ1v) is 6.22. The fraction of sp³-hybridized carbons (Fsp3) is 0.500. The van der Waals surface area contributed by atoms with E-state index in [1.807, 2.05) is 12.1 Å². The predicted molar refractivity (Wildman–Crippen MR) is 70.5 cm³/mol. The van der Waals surface area contributed by atoms with Gasteiger partial charge in [0.1, 0.15) is 0 Å². The normalized spacial score (nSPS) is 25.9. The van der Waals surface area contributed by atoms with Gasteiger partial charge in [-0.2, -0.15) is 0 Å². The monoisotopic (exact) mass is 258 g/mol. The molecule has 0 saturated carbocycles. The number of halogens is 2. The minimum Gasteiger partial charge on any atom is -0.370 e. The molecule has 1 aromatic carbocycles. The van der Waals surface area contributed by atoms with E-state index in [9.17, 15) is 0 Å². The lowest BCUT2D eigenvalue weighted by molar-refractivity contribution is 0.375. The highest BCUT2D eigenvalue weighted by Crippen LogP contribution is 2.29. The highest BCUT2D eigenvalue weighted by Gasteiger charge is 2.27. The Morgan fingerprint density at radius 1 is 1.25 bits per heavy atom. The molecule has 1 unspecified atom stereocenters. The van der Waals surface area contributed by atoms with Crippen molar-refractivity contribution in [1.82, 2.24) is 0 Å². The van der Waals surface area contributed by atoms with Crippen LogP contribution in [0.3, 0.4) is 0 Å².